The first-order chi connectivity index (χ1) is 14.6. The highest BCUT2D eigenvalue weighted by atomic mass is 35.5. The van der Waals surface area contributed by atoms with Crippen LogP contribution in [0.2, 0.25) is 5.02 Å². The molecule has 31 heavy (non-hydrogen) atoms. The third-order valence-corrected chi connectivity index (χ3v) is 6.57. The predicted octanol–water partition coefficient (Wildman–Crippen LogP) is 5.27. The van der Waals surface area contributed by atoms with Crippen LogP contribution in [-0.2, 0) is 4.28 Å². The fourth-order valence-electron chi connectivity index (χ4n) is 3.91. The molecule has 2 atom stereocenters. The molecule has 1 N–H and O–H groups in total. The molecular weight excluding hydrogens is 456 g/mol. The summed E-state index contributed by atoms with van der Waals surface area (Å²) in [5, 5.41) is -0.263. The van der Waals surface area contributed by atoms with Crippen molar-refractivity contribution in [3.05, 3.63) is 34.6 Å². The number of anilines is 1. The van der Waals surface area contributed by atoms with Gasteiger partial charge in [-0.15, -0.1) is 0 Å². The van der Waals surface area contributed by atoms with Crippen molar-refractivity contribution in [1.82, 2.24) is 10.4 Å². The molecule has 1 aromatic carbocycles. The number of halogens is 5. The molecule has 0 radical (unpaired) electrons. The van der Waals surface area contributed by atoms with Crippen LogP contribution in [0.25, 0.3) is 0 Å². The van der Waals surface area contributed by atoms with Gasteiger partial charge in [0.05, 0.1) is 17.7 Å². The molecule has 2 aliphatic rings. The molecule has 1 aromatic rings. The zero-order valence-corrected chi connectivity index (χ0v) is 19.1. The number of rotatable bonds is 8. The van der Waals surface area contributed by atoms with Crippen LogP contribution in [0.3, 0.4) is 0 Å². The van der Waals surface area contributed by atoms with Crippen molar-refractivity contribution in [3.63, 3.8) is 0 Å². The van der Waals surface area contributed by atoms with E-state index in [4.69, 9.17) is 15.9 Å². The Morgan fingerprint density at radius 3 is 2.77 bits per heavy atom. The molecule has 0 bridgehead atoms. The number of benzene rings is 1. The minimum absolute atomic E-state index is 0.120. The summed E-state index contributed by atoms with van der Waals surface area (Å²) in [7, 11) is 3.73. The molecule has 1 fully saturated rings. The van der Waals surface area contributed by atoms with Crippen LogP contribution in [0, 0.1) is 17.0 Å². The third-order valence-electron chi connectivity index (χ3n) is 5.50. The van der Waals surface area contributed by atoms with Gasteiger partial charge in [0.2, 0.25) is 0 Å². The summed E-state index contributed by atoms with van der Waals surface area (Å²) in [5.74, 6) is -2.28. The third kappa shape index (κ3) is 5.47. The molecule has 2 heterocycles. The monoisotopic (exact) mass is 480 g/mol. The van der Waals surface area contributed by atoms with Crippen molar-refractivity contribution in [1.29, 1.82) is 0 Å². The lowest BCUT2D eigenvalue weighted by Gasteiger charge is -2.34. The number of nitrogens with one attached hydrogen (secondary N) is 1. The molecule has 5 nitrogen and oxygen atoms in total. The Kier molecular flexibility index (Phi) is 7.77. The molecule has 0 aliphatic carbocycles. The van der Waals surface area contributed by atoms with Crippen molar-refractivity contribution in [2.45, 2.75) is 37.3 Å². The van der Waals surface area contributed by atoms with Gasteiger partial charge >= 0.3 is 0 Å². The number of nitrogens with zero attached hydrogens (tertiary/aromatic N) is 3. The summed E-state index contributed by atoms with van der Waals surface area (Å²) in [5.41, 5.74) is 1.88. The van der Waals surface area contributed by atoms with Gasteiger partial charge in [-0.25, -0.2) is 23.6 Å². The summed E-state index contributed by atoms with van der Waals surface area (Å²) in [4.78, 5) is 6.77. The van der Waals surface area contributed by atoms with Crippen LogP contribution < -0.4 is 10.4 Å². The number of hydrogen-bond donors (Lipinski definition) is 1. The summed E-state index contributed by atoms with van der Waals surface area (Å²) in [6.07, 6.45) is 1.69. The van der Waals surface area contributed by atoms with Crippen molar-refractivity contribution in [3.8, 4) is 0 Å². The Morgan fingerprint density at radius 2 is 2.13 bits per heavy atom. The van der Waals surface area contributed by atoms with Crippen LogP contribution >= 0.6 is 23.6 Å². The minimum atomic E-state index is -1.09. The van der Waals surface area contributed by atoms with Gasteiger partial charge in [-0.3, -0.25) is 0 Å². The fraction of sp³-hybridized carbons (Fsp3) is 0.550. The lowest BCUT2D eigenvalue weighted by Crippen LogP contribution is -2.42. The SMILES string of the molecule is CC(F)C1(CN(C)C)CCN(c2cc(F)c(SONC3=CCCC(F)=N3)c(F)c2Cl)C1. The smallest absolute Gasteiger partial charge is 0.191 e. The Labute approximate surface area is 188 Å². The number of hydroxylamine groups is 1. The Morgan fingerprint density at radius 1 is 1.39 bits per heavy atom. The number of hydrogen-bond acceptors (Lipinski definition) is 6. The molecule has 1 saturated heterocycles. The van der Waals surface area contributed by atoms with Crippen molar-refractivity contribution in [2.24, 2.45) is 10.4 Å². The molecule has 3 rings (SSSR count). The molecule has 0 amide bonds. The first kappa shape index (κ1) is 24.2. The van der Waals surface area contributed by atoms with E-state index in [0.717, 1.165) is 6.07 Å². The summed E-state index contributed by atoms with van der Waals surface area (Å²) in [6, 6.07) is 1.13. The van der Waals surface area contributed by atoms with Gasteiger partial charge in [-0.05, 0) is 39.9 Å². The van der Waals surface area contributed by atoms with Gasteiger partial charge in [0.1, 0.15) is 27.7 Å². The Hall–Kier alpha value is -1.49. The van der Waals surface area contributed by atoms with E-state index in [-0.39, 0.29) is 23.0 Å². The van der Waals surface area contributed by atoms with Crippen molar-refractivity contribution >= 4 is 35.3 Å². The van der Waals surface area contributed by atoms with E-state index in [2.05, 4.69) is 10.5 Å². The average Bonchev–Trinajstić information content (AvgIpc) is 3.12. The lowest BCUT2D eigenvalue weighted by molar-refractivity contribution is 0.104. The maximum Gasteiger partial charge on any atom is 0.191 e. The standard InChI is InChI=1S/C20H25ClF4N4OS/c1-12(22)20(10-28(2)3)7-8-29(11-20)14-9-13(23)19(18(25)17(14)21)31-30-27-16-6-4-5-15(24)26-16/h6,9,12,27H,4-5,7-8,10-11H2,1-3H3. The normalized spacial score (nSPS) is 22.5. The topological polar surface area (TPSA) is 40.1 Å². The zero-order valence-electron chi connectivity index (χ0n) is 17.5. The van der Waals surface area contributed by atoms with E-state index in [1.54, 1.807) is 11.0 Å². The quantitative estimate of drug-likeness (QED) is 0.238. The minimum Gasteiger partial charge on any atom is -0.369 e. The van der Waals surface area contributed by atoms with Crippen molar-refractivity contribution < 1.29 is 21.8 Å². The maximum absolute atomic E-state index is 14.9. The zero-order chi connectivity index (χ0) is 22.8. The van der Waals surface area contributed by atoms with Crippen LogP contribution in [0.1, 0.15) is 26.2 Å². The van der Waals surface area contributed by atoms with E-state index in [0.29, 0.717) is 44.5 Å². The summed E-state index contributed by atoms with van der Waals surface area (Å²) in [6.45, 7) is 2.75. The Balaban J connectivity index is 1.73. The highest BCUT2D eigenvalue weighted by Gasteiger charge is 2.44. The fourth-order valence-corrected chi connectivity index (χ4v) is 4.76. The highest BCUT2D eigenvalue weighted by molar-refractivity contribution is 7.94. The number of aliphatic imine (C=N–C) groups is 1. The Bertz CT molecular complexity index is 883. The second kappa shape index (κ2) is 9.97. The first-order valence-corrected chi connectivity index (χ1v) is 11.0. The molecule has 0 spiro atoms. The largest absolute Gasteiger partial charge is 0.369 e. The van der Waals surface area contributed by atoms with Crippen LogP contribution in [0.15, 0.2) is 27.9 Å². The van der Waals surface area contributed by atoms with E-state index in [1.807, 2.05) is 19.0 Å². The molecule has 0 aromatic heterocycles. The molecule has 2 aliphatic heterocycles. The number of allylic oxidation sites excluding steroid dienone is 1. The number of alkyl halides is 1. The highest BCUT2D eigenvalue weighted by Crippen LogP contribution is 2.43. The van der Waals surface area contributed by atoms with Gasteiger partial charge in [-0.1, -0.05) is 11.6 Å². The molecule has 172 valence electrons. The predicted molar refractivity (Wildman–Crippen MR) is 116 cm³/mol. The van der Waals surface area contributed by atoms with Gasteiger partial charge in [0.25, 0.3) is 0 Å². The summed E-state index contributed by atoms with van der Waals surface area (Å²) < 4.78 is 62.2. The van der Waals surface area contributed by atoms with Crippen LogP contribution in [0.4, 0.5) is 23.2 Å². The van der Waals surface area contributed by atoms with Crippen LogP contribution in [0.5, 0.6) is 0 Å². The van der Waals surface area contributed by atoms with E-state index >= 15 is 0 Å². The second-order valence-corrected chi connectivity index (χ2v) is 9.23. The molecule has 11 heteroatoms. The molecule has 0 saturated carbocycles. The second-order valence-electron chi connectivity index (χ2n) is 8.11. The van der Waals surface area contributed by atoms with E-state index in [9.17, 15) is 17.6 Å². The van der Waals surface area contributed by atoms with E-state index in [1.165, 1.54) is 6.92 Å². The van der Waals surface area contributed by atoms with Crippen molar-refractivity contribution in [2.75, 3.05) is 38.6 Å². The van der Waals surface area contributed by atoms with Gasteiger partial charge < -0.3 is 9.80 Å². The molecular formula is C20H25ClF4N4OS. The maximum atomic E-state index is 14.9. The lowest BCUT2D eigenvalue weighted by atomic mass is 9.82. The van der Waals surface area contributed by atoms with Crippen LogP contribution in [-0.4, -0.2) is 50.8 Å². The summed E-state index contributed by atoms with van der Waals surface area (Å²) >= 11 is 6.60. The first-order valence-electron chi connectivity index (χ1n) is 9.87. The van der Waals surface area contributed by atoms with Gasteiger partial charge in [0.15, 0.2) is 11.8 Å². The van der Waals surface area contributed by atoms with Gasteiger partial charge in [-0.2, -0.15) is 8.67 Å². The van der Waals surface area contributed by atoms with Gasteiger partial charge in [0, 0.05) is 37.5 Å². The molecule has 2 unspecified atom stereocenters. The average molecular weight is 481 g/mol. The van der Waals surface area contributed by atoms with E-state index < -0.39 is 34.1 Å².